The van der Waals surface area contributed by atoms with Crippen LogP contribution in [-0.4, -0.2) is 27.5 Å². The SMILES string of the molecule is Cc1ccc(-c2csc(NC(=O)CSCC(O)c3ccccc3)n2)cc1C. The molecule has 3 rings (SSSR count). The molecule has 2 aromatic carbocycles. The molecule has 27 heavy (non-hydrogen) atoms. The van der Waals surface area contributed by atoms with Crippen molar-refractivity contribution in [2.45, 2.75) is 20.0 Å². The third-order valence-electron chi connectivity index (χ3n) is 4.25. The Kier molecular flexibility index (Phi) is 6.66. The number of aliphatic hydroxyl groups is 1. The Labute approximate surface area is 167 Å². The molecule has 0 fully saturated rings. The second kappa shape index (κ2) is 9.17. The van der Waals surface area contributed by atoms with Gasteiger partial charge in [-0.1, -0.05) is 42.5 Å². The average molecular weight is 399 g/mol. The fraction of sp³-hybridized carbons (Fsp3) is 0.238. The average Bonchev–Trinajstić information content (AvgIpc) is 3.13. The third-order valence-corrected chi connectivity index (χ3v) is 6.02. The topological polar surface area (TPSA) is 62.2 Å². The van der Waals surface area contributed by atoms with E-state index in [0.717, 1.165) is 16.8 Å². The molecule has 0 bridgehead atoms. The number of hydrogen-bond donors (Lipinski definition) is 2. The number of amides is 1. The minimum atomic E-state index is -0.569. The van der Waals surface area contributed by atoms with Crippen LogP contribution in [0.15, 0.2) is 53.9 Å². The van der Waals surface area contributed by atoms with Crippen molar-refractivity contribution in [3.05, 3.63) is 70.6 Å². The summed E-state index contributed by atoms with van der Waals surface area (Å²) in [7, 11) is 0. The molecule has 0 aliphatic carbocycles. The van der Waals surface area contributed by atoms with Crippen LogP contribution < -0.4 is 5.32 Å². The second-order valence-electron chi connectivity index (χ2n) is 6.33. The summed E-state index contributed by atoms with van der Waals surface area (Å²) in [5.41, 5.74) is 5.25. The lowest BCUT2D eigenvalue weighted by molar-refractivity contribution is -0.113. The number of aromatic nitrogens is 1. The number of aliphatic hydroxyl groups excluding tert-OH is 1. The normalized spacial score (nSPS) is 12.0. The summed E-state index contributed by atoms with van der Waals surface area (Å²) >= 11 is 2.82. The van der Waals surface area contributed by atoms with E-state index in [1.54, 1.807) is 0 Å². The third kappa shape index (κ3) is 5.42. The van der Waals surface area contributed by atoms with Gasteiger partial charge in [0.2, 0.25) is 5.91 Å². The molecule has 0 aliphatic heterocycles. The molecule has 6 heteroatoms. The first-order valence-corrected chi connectivity index (χ1v) is 10.7. The highest BCUT2D eigenvalue weighted by atomic mass is 32.2. The van der Waals surface area contributed by atoms with Gasteiger partial charge in [-0.25, -0.2) is 4.98 Å². The molecular formula is C21H22N2O2S2. The Morgan fingerprint density at radius 2 is 1.96 bits per heavy atom. The quantitative estimate of drug-likeness (QED) is 0.598. The van der Waals surface area contributed by atoms with Crippen LogP contribution in [0.2, 0.25) is 0 Å². The molecule has 1 atom stereocenters. The van der Waals surface area contributed by atoms with Gasteiger partial charge in [0.15, 0.2) is 5.13 Å². The second-order valence-corrected chi connectivity index (χ2v) is 8.22. The summed E-state index contributed by atoms with van der Waals surface area (Å²) in [5.74, 6) is 0.646. The number of carbonyl (C=O) groups excluding carboxylic acids is 1. The van der Waals surface area contributed by atoms with Crippen molar-refractivity contribution in [2.24, 2.45) is 0 Å². The van der Waals surface area contributed by atoms with Crippen molar-refractivity contribution < 1.29 is 9.90 Å². The van der Waals surface area contributed by atoms with E-state index < -0.39 is 6.10 Å². The smallest absolute Gasteiger partial charge is 0.236 e. The van der Waals surface area contributed by atoms with Crippen molar-refractivity contribution in [1.82, 2.24) is 4.98 Å². The molecule has 1 unspecified atom stereocenters. The van der Waals surface area contributed by atoms with E-state index in [2.05, 4.69) is 36.3 Å². The molecular weight excluding hydrogens is 376 g/mol. The largest absolute Gasteiger partial charge is 0.388 e. The zero-order valence-corrected chi connectivity index (χ0v) is 16.9. The number of rotatable bonds is 7. The molecule has 1 aromatic heterocycles. The Hall–Kier alpha value is -2.15. The standard InChI is InChI=1S/C21H22N2O2S2/c1-14-8-9-17(10-15(14)2)18-11-27-21(22-18)23-20(25)13-26-12-19(24)16-6-4-3-5-7-16/h3-11,19,24H,12-13H2,1-2H3,(H,22,23,25). The fourth-order valence-corrected chi connectivity index (χ4v) is 4.08. The molecule has 0 saturated heterocycles. The highest BCUT2D eigenvalue weighted by Crippen LogP contribution is 2.26. The van der Waals surface area contributed by atoms with Gasteiger partial charge in [0.25, 0.3) is 0 Å². The number of nitrogens with one attached hydrogen (secondary N) is 1. The van der Waals surface area contributed by atoms with Crippen LogP contribution in [0, 0.1) is 13.8 Å². The maximum Gasteiger partial charge on any atom is 0.236 e. The highest BCUT2D eigenvalue weighted by molar-refractivity contribution is 8.00. The van der Waals surface area contributed by atoms with Gasteiger partial charge in [-0.2, -0.15) is 0 Å². The Bertz CT molecular complexity index is 910. The number of hydrogen-bond acceptors (Lipinski definition) is 5. The van der Waals surface area contributed by atoms with Crippen LogP contribution in [0.5, 0.6) is 0 Å². The van der Waals surface area contributed by atoms with Gasteiger partial charge in [0, 0.05) is 16.7 Å². The highest BCUT2D eigenvalue weighted by Gasteiger charge is 2.11. The molecule has 4 nitrogen and oxygen atoms in total. The zero-order chi connectivity index (χ0) is 19.2. The number of thioether (sulfide) groups is 1. The van der Waals surface area contributed by atoms with Crippen molar-refractivity contribution in [3.63, 3.8) is 0 Å². The van der Waals surface area contributed by atoms with Crippen LogP contribution in [-0.2, 0) is 4.79 Å². The van der Waals surface area contributed by atoms with Crippen molar-refractivity contribution >= 4 is 34.1 Å². The monoisotopic (exact) mass is 398 g/mol. The number of nitrogens with zero attached hydrogens (tertiary/aromatic N) is 1. The van der Waals surface area contributed by atoms with Crippen molar-refractivity contribution in [1.29, 1.82) is 0 Å². The van der Waals surface area contributed by atoms with E-state index in [0.29, 0.717) is 10.9 Å². The summed E-state index contributed by atoms with van der Waals surface area (Å²) in [6, 6.07) is 15.7. The van der Waals surface area contributed by atoms with Crippen LogP contribution in [0.4, 0.5) is 5.13 Å². The molecule has 0 spiro atoms. The Morgan fingerprint density at radius 1 is 1.19 bits per heavy atom. The van der Waals surface area contributed by atoms with Gasteiger partial charge in [-0.15, -0.1) is 23.1 Å². The minimum Gasteiger partial charge on any atom is -0.388 e. The predicted octanol–water partition coefficient (Wildman–Crippen LogP) is 4.83. The van der Waals surface area contributed by atoms with Crippen molar-refractivity contribution in [2.75, 3.05) is 16.8 Å². The van der Waals surface area contributed by atoms with E-state index in [-0.39, 0.29) is 11.7 Å². The summed E-state index contributed by atoms with van der Waals surface area (Å²) in [4.78, 5) is 16.6. The van der Waals surface area contributed by atoms with E-state index in [1.807, 2.05) is 41.8 Å². The first-order valence-electron chi connectivity index (χ1n) is 8.66. The maximum atomic E-state index is 12.1. The van der Waals surface area contributed by atoms with E-state index in [1.165, 1.54) is 34.2 Å². The maximum absolute atomic E-state index is 12.1. The van der Waals surface area contributed by atoms with E-state index in [9.17, 15) is 9.90 Å². The molecule has 3 aromatic rings. The lowest BCUT2D eigenvalue weighted by Crippen LogP contribution is -2.15. The number of aryl methyl sites for hydroxylation is 2. The van der Waals surface area contributed by atoms with Crippen LogP contribution in [0.25, 0.3) is 11.3 Å². The number of benzene rings is 2. The number of thiazole rings is 1. The van der Waals surface area contributed by atoms with Gasteiger partial charge in [0.1, 0.15) is 0 Å². The zero-order valence-electron chi connectivity index (χ0n) is 15.3. The minimum absolute atomic E-state index is 0.110. The van der Waals surface area contributed by atoms with Crippen LogP contribution in [0.3, 0.4) is 0 Å². The van der Waals surface area contributed by atoms with E-state index >= 15 is 0 Å². The summed E-state index contributed by atoms with van der Waals surface area (Å²) in [6.45, 7) is 4.16. The number of carbonyl (C=O) groups is 1. The molecule has 0 saturated carbocycles. The van der Waals surface area contributed by atoms with Crippen molar-refractivity contribution in [3.8, 4) is 11.3 Å². The van der Waals surface area contributed by atoms with Gasteiger partial charge >= 0.3 is 0 Å². The lowest BCUT2D eigenvalue weighted by Gasteiger charge is -2.10. The van der Waals surface area contributed by atoms with Gasteiger partial charge in [-0.05, 0) is 36.6 Å². The van der Waals surface area contributed by atoms with E-state index in [4.69, 9.17) is 0 Å². The molecule has 1 amide bonds. The Balaban J connectivity index is 1.50. The first-order chi connectivity index (χ1) is 13.0. The lowest BCUT2D eigenvalue weighted by atomic mass is 10.1. The molecule has 140 valence electrons. The first kappa shape index (κ1) is 19.6. The van der Waals surface area contributed by atoms with Gasteiger partial charge in [-0.3, -0.25) is 4.79 Å². The summed E-state index contributed by atoms with van der Waals surface area (Å²) in [6.07, 6.45) is -0.569. The molecule has 0 aliphatic rings. The van der Waals surface area contributed by atoms with Gasteiger partial charge in [0.05, 0.1) is 17.6 Å². The summed E-state index contributed by atoms with van der Waals surface area (Å²) < 4.78 is 0. The molecule has 2 N–H and O–H groups in total. The van der Waals surface area contributed by atoms with Crippen LogP contribution >= 0.6 is 23.1 Å². The molecule has 0 radical (unpaired) electrons. The molecule has 1 heterocycles. The van der Waals surface area contributed by atoms with Gasteiger partial charge < -0.3 is 10.4 Å². The van der Waals surface area contributed by atoms with Crippen LogP contribution in [0.1, 0.15) is 22.8 Å². The predicted molar refractivity (Wildman–Crippen MR) is 114 cm³/mol. The number of anilines is 1. The Morgan fingerprint density at radius 3 is 2.70 bits per heavy atom. The fourth-order valence-electron chi connectivity index (χ4n) is 2.55. The summed E-state index contributed by atoms with van der Waals surface area (Å²) in [5, 5.41) is 15.5.